The summed E-state index contributed by atoms with van der Waals surface area (Å²) in [5, 5.41) is 0. The predicted molar refractivity (Wildman–Crippen MR) is 106 cm³/mol. The van der Waals surface area contributed by atoms with Crippen molar-refractivity contribution in [1.82, 2.24) is 4.90 Å². The van der Waals surface area contributed by atoms with Crippen molar-refractivity contribution in [3.8, 4) is 11.5 Å². The highest BCUT2D eigenvalue weighted by molar-refractivity contribution is 7.99. The van der Waals surface area contributed by atoms with E-state index in [1.165, 1.54) is 54.1 Å². The Bertz CT molecular complexity index is 779. The van der Waals surface area contributed by atoms with Crippen LogP contribution in [0.3, 0.4) is 0 Å². The Balaban J connectivity index is 1.33. The van der Waals surface area contributed by atoms with E-state index in [0.717, 1.165) is 18.0 Å². The van der Waals surface area contributed by atoms with Crippen LogP contribution in [-0.2, 0) is 0 Å². The largest absolute Gasteiger partial charge is 0.454 e. The normalized spacial score (nSPS) is 25.1. The molecule has 3 aliphatic rings. The van der Waals surface area contributed by atoms with Gasteiger partial charge >= 0.3 is 0 Å². The van der Waals surface area contributed by atoms with Crippen molar-refractivity contribution in [1.29, 1.82) is 0 Å². The van der Waals surface area contributed by atoms with Crippen molar-refractivity contribution in [3.05, 3.63) is 53.6 Å². The SMILES string of the molecule is c1ccc(C2CCCN(CC3CCSc4c3ccc3c4OCO3)C2)cc1. The van der Waals surface area contributed by atoms with E-state index in [4.69, 9.17) is 9.47 Å². The van der Waals surface area contributed by atoms with Crippen molar-refractivity contribution in [3.63, 3.8) is 0 Å². The molecule has 2 aromatic carbocycles. The first-order chi connectivity index (χ1) is 12.9. The van der Waals surface area contributed by atoms with Gasteiger partial charge < -0.3 is 14.4 Å². The zero-order chi connectivity index (χ0) is 17.3. The zero-order valence-electron chi connectivity index (χ0n) is 15.0. The molecule has 3 nitrogen and oxygen atoms in total. The third-order valence-corrected chi connectivity index (χ3v) is 7.08. The first kappa shape index (κ1) is 16.5. The maximum atomic E-state index is 5.75. The van der Waals surface area contributed by atoms with Gasteiger partial charge in [0.05, 0.1) is 4.90 Å². The number of thioether (sulfide) groups is 1. The maximum Gasteiger partial charge on any atom is 0.231 e. The van der Waals surface area contributed by atoms with Gasteiger partial charge in [-0.1, -0.05) is 36.4 Å². The number of fused-ring (bicyclic) bond motifs is 3. The molecule has 0 aliphatic carbocycles. The van der Waals surface area contributed by atoms with E-state index in [2.05, 4.69) is 47.4 Å². The second-order valence-electron chi connectivity index (χ2n) is 7.56. The number of rotatable bonds is 3. The first-order valence-corrected chi connectivity index (χ1v) is 10.7. The van der Waals surface area contributed by atoms with Gasteiger partial charge in [-0.15, -0.1) is 11.8 Å². The third kappa shape index (κ3) is 3.10. The molecule has 1 fully saturated rings. The molecule has 0 amide bonds. The number of nitrogens with zero attached hydrogens (tertiary/aromatic N) is 1. The fourth-order valence-corrected chi connectivity index (χ4v) is 5.91. The molecule has 0 N–H and O–H groups in total. The minimum Gasteiger partial charge on any atom is -0.454 e. The number of ether oxygens (including phenoxy) is 2. The van der Waals surface area contributed by atoms with Gasteiger partial charge in [-0.3, -0.25) is 0 Å². The molecule has 2 atom stereocenters. The topological polar surface area (TPSA) is 21.7 Å². The fraction of sp³-hybridized carbons (Fsp3) is 0.455. The van der Waals surface area contributed by atoms with Gasteiger partial charge in [0.25, 0.3) is 0 Å². The van der Waals surface area contributed by atoms with Crippen LogP contribution in [0.2, 0.25) is 0 Å². The zero-order valence-corrected chi connectivity index (χ0v) is 15.8. The molecular formula is C22H25NO2S. The van der Waals surface area contributed by atoms with Gasteiger partial charge in [-0.25, -0.2) is 0 Å². The number of benzene rings is 2. The number of hydrogen-bond acceptors (Lipinski definition) is 4. The van der Waals surface area contributed by atoms with Crippen molar-refractivity contribution >= 4 is 11.8 Å². The molecule has 2 unspecified atom stereocenters. The van der Waals surface area contributed by atoms with E-state index in [0.29, 0.717) is 18.6 Å². The van der Waals surface area contributed by atoms with Crippen LogP contribution in [0.1, 0.15) is 42.2 Å². The predicted octanol–water partition coefficient (Wildman–Crippen LogP) is 4.87. The van der Waals surface area contributed by atoms with Gasteiger partial charge in [0.1, 0.15) is 0 Å². The van der Waals surface area contributed by atoms with E-state index >= 15 is 0 Å². The lowest BCUT2D eigenvalue weighted by Gasteiger charge is -2.37. The van der Waals surface area contributed by atoms with Gasteiger partial charge in [0.2, 0.25) is 6.79 Å². The molecule has 26 heavy (non-hydrogen) atoms. The quantitative estimate of drug-likeness (QED) is 0.771. The maximum absolute atomic E-state index is 5.75. The summed E-state index contributed by atoms with van der Waals surface area (Å²) in [6.45, 7) is 3.94. The van der Waals surface area contributed by atoms with Crippen LogP contribution in [0, 0.1) is 0 Å². The summed E-state index contributed by atoms with van der Waals surface area (Å²) in [5.41, 5.74) is 2.97. The molecule has 0 saturated carbocycles. The molecule has 4 heteroatoms. The van der Waals surface area contributed by atoms with Gasteiger partial charge in [0.15, 0.2) is 11.5 Å². The van der Waals surface area contributed by atoms with E-state index in [1.54, 1.807) is 0 Å². The third-order valence-electron chi connectivity index (χ3n) is 5.93. The van der Waals surface area contributed by atoms with Crippen LogP contribution >= 0.6 is 11.8 Å². The highest BCUT2D eigenvalue weighted by Crippen LogP contribution is 2.49. The first-order valence-electron chi connectivity index (χ1n) is 9.71. The van der Waals surface area contributed by atoms with E-state index < -0.39 is 0 Å². The average molecular weight is 368 g/mol. The lowest BCUT2D eigenvalue weighted by atomic mass is 9.89. The standard InChI is InChI=1S/C22H25NO2S/c1-2-5-16(6-3-1)17-7-4-11-23(13-17)14-18-10-12-26-22-19(18)8-9-20-21(22)25-15-24-20/h1-3,5-6,8-9,17-18H,4,7,10-15H2. The average Bonchev–Trinajstić information content (AvgIpc) is 3.18. The summed E-state index contributed by atoms with van der Waals surface area (Å²) in [6.07, 6.45) is 3.87. The Morgan fingerprint density at radius 3 is 2.88 bits per heavy atom. The van der Waals surface area contributed by atoms with Crippen LogP contribution < -0.4 is 9.47 Å². The minimum atomic E-state index is 0.363. The van der Waals surface area contributed by atoms with E-state index in [-0.39, 0.29) is 0 Å². The Hall–Kier alpha value is -1.65. The van der Waals surface area contributed by atoms with Crippen molar-refractivity contribution in [2.24, 2.45) is 0 Å². The van der Waals surface area contributed by atoms with Gasteiger partial charge in [-0.05, 0) is 60.6 Å². The lowest BCUT2D eigenvalue weighted by molar-refractivity contribution is 0.171. The molecule has 136 valence electrons. The summed E-state index contributed by atoms with van der Waals surface area (Å²) in [6, 6.07) is 15.4. The van der Waals surface area contributed by atoms with Crippen molar-refractivity contribution in [2.75, 3.05) is 32.2 Å². The number of likely N-dealkylation sites (tertiary alicyclic amines) is 1. The number of piperidine rings is 1. The summed E-state index contributed by atoms with van der Waals surface area (Å²) in [7, 11) is 0. The lowest BCUT2D eigenvalue weighted by Crippen LogP contribution is -2.37. The Kier molecular flexibility index (Phi) is 4.55. The van der Waals surface area contributed by atoms with E-state index in [9.17, 15) is 0 Å². The molecule has 5 rings (SSSR count). The number of hydrogen-bond donors (Lipinski definition) is 0. The molecule has 0 radical (unpaired) electrons. The Morgan fingerprint density at radius 1 is 1.04 bits per heavy atom. The van der Waals surface area contributed by atoms with Crippen LogP contribution in [0.4, 0.5) is 0 Å². The smallest absolute Gasteiger partial charge is 0.231 e. The highest BCUT2D eigenvalue weighted by Gasteiger charge is 2.30. The monoisotopic (exact) mass is 367 g/mol. The van der Waals surface area contributed by atoms with Crippen LogP contribution in [0.15, 0.2) is 47.4 Å². The highest BCUT2D eigenvalue weighted by atomic mass is 32.2. The summed E-state index contributed by atoms with van der Waals surface area (Å²) < 4.78 is 11.3. The van der Waals surface area contributed by atoms with Gasteiger partial charge in [-0.2, -0.15) is 0 Å². The second-order valence-corrected chi connectivity index (χ2v) is 8.67. The van der Waals surface area contributed by atoms with Crippen LogP contribution in [-0.4, -0.2) is 37.1 Å². The van der Waals surface area contributed by atoms with Gasteiger partial charge in [0, 0.05) is 13.1 Å². The molecule has 3 aliphatic heterocycles. The fourth-order valence-electron chi connectivity index (χ4n) is 4.61. The molecule has 0 aromatic heterocycles. The summed E-state index contributed by atoms with van der Waals surface area (Å²) in [5.74, 6) is 4.36. The molecule has 1 saturated heterocycles. The van der Waals surface area contributed by atoms with Crippen LogP contribution in [0.25, 0.3) is 0 Å². The Labute approximate surface area is 159 Å². The van der Waals surface area contributed by atoms with E-state index in [1.807, 2.05) is 11.8 Å². The minimum absolute atomic E-state index is 0.363. The van der Waals surface area contributed by atoms with Crippen molar-refractivity contribution in [2.45, 2.75) is 36.0 Å². The molecule has 2 aromatic rings. The molecule has 3 heterocycles. The molecule has 0 bridgehead atoms. The molecular weight excluding hydrogens is 342 g/mol. The second kappa shape index (κ2) is 7.16. The van der Waals surface area contributed by atoms with Crippen LogP contribution in [0.5, 0.6) is 11.5 Å². The summed E-state index contributed by atoms with van der Waals surface area (Å²) in [4.78, 5) is 4.02. The summed E-state index contributed by atoms with van der Waals surface area (Å²) >= 11 is 1.93. The Morgan fingerprint density at radius 2 is 1.96 bits per heavy atom. The van der Waals surface area contributed by atoms with Crippen molar-refractivity contribution < 1.29 is 9.47 Å². The molecule has 0 spiro atoms.